The predicted molar refractivity (Wildman–Crippen MR) is 79.8 cm³/mol. The first kappa shape index (κ1) is 12.3. The molecule has 0 amide bonds. The van der Waals surface area contributed by atoms with Crippen LogP contribution in [0.4, 0.5) is 0 Å². The Labute approximate surface area is 115 Å². The lowest BCUT2D eigenvalue weighted by Crippen LogP contribution is -1.94. The second kappa shape index (κ2) is 5.44. The van der Waals surface area contributed by atoms with Crippen molar-refractivity contribution >= 4 is 41.1 Å². The summed E-state index contributed by atoms with van der Waals surface area (Å²) in [6.45, 7) is 0. The van der Waals surface area contributed by atoms with Crippen molar-refractivity contribution < 1.29 is 0 Å². The normalized spacial score (nSPS) is 10.8. The van der Waals surface area contributed by atoms with E-state index in [0.29, 0.717) is 5.66 Å². The van der Waals surface area contributed by atoms with Gasteiger partial charge >= 0.3 is 0 Å². The molecular weight excluding hydrogens is 347 g/mol. The average Bonchev–Trinajstić information content (AvgIpc) is 2.29. The van der Waals surface area contributed by atoms with E-state index in [1.54, 1.807) is 0 Å². The van der Waals surface area contributed by atoms with Crippen molar-refractivity contribution in [1.29, 1.82) is 0 Å². The highest BCUT2D eigenvalue weighted by Crippen LogP contribution is 2.38. The molecule has 0 radical (unpaired) electrons. The van der Waals surface area contributed by atoms with E-state index >= 15 is 0 Å². The topological polar surface area (TPSA) is 0 Å². The summed E-state index contributed by atoms with van der Waals surface area (Å²) in [6.07, 6.45) is 0. The second-order valence-corrected chi connectivity index (χ2v) is 5.90. The summed E-state index contributed by atoms with van der Waals surface area (Å²) in [6, 6.07) is 16.6. The molecule has 0 bridgehead atoms. The van der Waals surface area contributed by atoms with Crippen LogP contribution >= 0.6 is 41.1 Å². The van der Waals surface area contributed by atoms with E-state index in [4.69, 9.17) is 0 Å². The van der Waals surface area contributed by atoms with Gasteiger partial charge in [0.15, 0.2) is 0 Å². The Kier molecular flexibility index (Phi) is 4.18. The minimum atomic E-state index is 0.297. The van der Waals surface area contributed by atoms with Gasteiger partial charge in [-0.1, -0.05) is 68.3 Å². The Morgan fingerprint density at radius 1 is 0.750 bits per heavy atom. The molecule has 2 aromatic carbocycles. The lowest BCUT2D eigenvalue weighted by atomic mass is 10.0. The third-order valence-corrected chi connectivity index (χ3v) is 4.64. The molecule has 0 spiro atoms. The largest absolute Gasteiger partial charge is 0.125 e. The highest BCUT2D eigenvalue weighted by Gasteiger charge is 2.13. The SMILES string of the molecule is PC(c1ccccc1Br)c1ccccc1Br. The van der Waals surface area contributed by atoms with Gasteiger partial charge in [0.25, 0.3) is 0 Å². The summed E-state index contributed by atoms with van der Waals surface area (Å²) < 4.78 is 2.29. The predicted octanol–water partition coefficient (Wildman–Crippen LogP) is 5.18. The first-order chi connectivity index (χ1) is 7.70. The minimum absolute atomic E-state index is 0.297. The maximum absolute atomic E-state index is 3.59. The molecule has 0 saturated carbocycles. The summed E-state index contributed by atoms with van der Waals surface area (Å²) in [5, 5.41) is 0. The lowest BCUT2D eigenvalue weighted by Gasteiger charge is -2.15. The number of hydrogen-bond donors (Lipinski definition) is 0. The highest BCUT2D eigenvalue weighted by atomic mass is 79.9. The van der Waals surface area contributed by atoms with Gasteiger partial charge < -0.3 is 0 Å². The fourth-order valence-electron chi connectivity index (χ4n) is 1.62. The highest BCUT2D eigenvalue weighted by molar-refractivity contribution is 9.10. The Hall–Kier alpha value is -0.170. The molecule has 1 unspecified atom stereocenters. The average molecular weight is 358 g/mol. The van der Waals surface area contributed by atoms with E-state index in [2.05, 4.69) is 77.5 Å². The molecule has 0 nitrogen and oxygen atoms in total. The Bertz CT molecular complexity index is 451. The van der Waals surface area contributed by atoms with Gasteiger partial charge in [-0.05, 0) is 23.3 Å². The first-order valence-electron chi connectivity index (χ1n) is 4.94. The van der Waals surface area contributed by atoms with Gasteiger partial charge in [-0.3, -0.25) is 0 Å². The second-order valence-electron chi connectivity index (χ2n) is 3.52. The zero-order valence-electron chi connectivity index (χ0n) is 8.53. The Balaban J connectivity index is 2.44. The molecule has 2 rings (SSSR count). The minimum Gasteiger partial charge on any atom is -0.125 e. The van der Waals surface area contributed by atoms with Crippen molar-refractivity contribution in [3.8, 4) is 0 Å². The standard InChI is InChI=1S/C13H11Br2P/c14-11-7-3-1-5-9(11)13(16)10-6-2-4-8-12(10)15/h1-8,13H,16H2. The summed E-state index contributed by atoms with van der Waals surface area (Å²) in [7, 11) is 2.89. The van der Waals surface area contributed by atoms with Crippen molar-refractivity contribution in [1.82, 2.24) is 0 Å². The quantitative estimate of drug-likeness (QED) is 0.650. The van der Waals surface area contributed by atoms with Gasteiger partial charge in [0, 0.05) is 14.6 Å². The van der Waals surface area contributed by atoms with Gasteiger partial charge in [0.05, 0.1) is 0 Å². The molecule has 0 saturated heterocycles. The smallest absolute Gasteiger partial charge is 0.0256 e. The van der Waals surface area contributed by atoms with E-state index in [1.165, 1.54) is 11.1 Å². The number of rotatable bonds is 2. The molecule has 1 atom stereocenters. The van der Waals surface area contributed by atoms with E-state index < -0.39 is 0 Å². The fraction of sp³-hybridized carbons (Fsp3) is 0.0769. The zero-order chi connectivity index (χ0) is 11.5. The molecule has 0 fully saturated rings. The number of benzene rings is 2. The summed E-state index contributed by atoms with van der Waals surface area (Å²) in [4.78, 5) is 0. The molecule has 16 heavy (non-hydrogen) atoms. The zero-order valence-corrected chi connectivity index (χ0v) is 12.9. The molecule has 2 aromatic rings. The maximum Gasteiger partial charge on any atom is 0.0256 e. The van der Waals surface area contributed by atoms with Gasteiger partial charge in [-0.25, -0.2) is 0 Å². The van der Waals surface area contributed by atoms with Crippen LogP contribution in [0, 0.1) is 0 Å². The molecule has 0 aliphatic heterocycles. The third kappa shape index (κ3) is 2.56. The van der Waals surface area contributed by atoms with Crippen molar-refractivity contribution in [3.05, 3.63) is 68.6 Å². The van der Waals surface area contributed by atoms with Crippen LogP contribution in [0.5, 0.6) is 0 Å². The monoisotopic (exact) mass is 356 g/mol. The van der Waals surface area contributed by atoms with Crippen LogP contribution in [0.1, 0.15) is 16.8 Å². The molecule has 0 aromatic heterocycles. The lowest BCUT2D eigenvalue weighted by molar-refractivity contribution is 1.13. The van der Waals surface area contributed by atoms with Crippen LogP contribution in [-0.4, -0.2) is 0 Å². The van der Waals surface area contributed by atoms with Gasteiger partial charge in [0.1, 0.15) is 0 Å². The van der Waals surface area contributed by atoms with Gasteiger partial charge in [0.2, 0.25) is 0 Å². The number of halogens is 2. The van der Waals surface area contributed by atoms with Crippen LogP contribution < -0.4 is 0 Å². The van der Waals surface area contributed by atoms with Crippen LogP contribution in [0.25, 0.3) is 0 Å². The van der Waals surface area contributed by atoms with Crippen molar-refractivity contribution in [2.45, 2.75) is 5.66 Å². The Morgan fingerprint density at radius 2 is 1.12 bits per heavy atom. The molecule has 0 aliphatic rings. The maximum atomic E-state index is 3.59. The van der Waals surface area contributed by atoms with Crippen LogP contribution in [-0.2, 0) is 0 Å². The van der Waals surface area contributed by atoms with E-state index in [9.17, 15) is 0 Å². The number of hydrogen-bond acceptors (Lipinski definition) is 0. The van der Waals surface area contributed by atoms with Crippen molar-refractivity contribution in [2.24, 2.45) is 0 Å². The fourth-order valence-corrected chi connectivity index (χ4v) is 3.75. The van der Waals surface area contributed by atoms with Crippen LogP contribution in [0.3, 0.4) is 0 Å². The van der Waals surface area contributed by atoms with E-state index in [1.807, 2.05) is 12.1 Å². The molecule has 0 aliphatic carbocycles. The molecule has 0 heterocycles. The summed E-state index contributed by atoms with van der Waals surface area (Å²) in [5.41, 5.74) is 2.85. The third-order valence-electron chi connectivity index (χ3n) is 2.48. The van der Waals surface area contributed by atoms with E-state index in [-0.39, 0.29) is 0 Å². The van der Waals surface area contributed by atoms with Crippen molar-refractivity contribution in [2.75, 3.05) is 0 Å². The van der Waals surface area contributed by atoms with Crippen LogP contribution in [0.15, 0.2) is 57.5 Å². The van der Waals surface area contributed by atoms with E-state index in [0.717, 1.165) is 8.95 Å². The van der Waals surface area contributed by atoms with Gasteiger partial charge in [-0.15, -0.1) is 9.24 Å². The Morgan fingerprint density at radius 3 is 1.50 bits per heavy atom. The van der Waals surface area contributed by atoms with Gasteiger partial charge in [-0.2, -0.15) is 0 Å². The summed E-state index contributed by atoms with van der Waals surface area (Å²) in [5.74, 6) is 0. The molecule has 3 heteroatoms. The van der Waals surface area contributed by atoms with Crippen LogP contribution in [0.2, 0.25) is 0 Å². The molecule has 82 valence electrons. The molecular formula is C13H11Br2P. The van der Waals surface area contributed by atoms with Crippen molar-refractivity contribution in [3.63, 3.8) is 0 Å². The first-order valence-corrected chi connectivity index (χ1v) is 7.20. The summed E-state index contributed by atoms with van der Waals surface area (Å²) >= 11 is 7.18. The molecule has 0 N–H and O–H groups in total.